The van der Waals surface area contributed by atoms with Crippen molar-refractivity contribution in [3.8, 4) is 6.07 Å². The number of benzene rings is 1. The van der Waals surface area contributed by atoms with Gasteiger partial charge in [0.2, 0.25) is 0 Å². The molecular formula is C9H8ClNO2S2. The van der Waals surface area contributed by atoms with Crippen LogP contribution in [0.5, 0.6) is 0 Å². The lowest BCUT2D eigenvalue weighted by molar-refractivity contribution is 0.607. The average Bonchev–Trinajstić information content (AvgIpc) is 2.15. The number of hydrogen-bond donors (Lipinski definition) is 1. The molecule has 0 aliphatic heterocycles. The minimum absolute atomic E-state index is 0.0833. The molecule has 0 N–H and O–H groups in total. The summed E-state index contributed by atoms with van der Waals surface area (Å²) < 4.78 is 22.5. The largest absolute Gasteiger partial charge is 0.263 e. The number of nitriles is 1. The second kappa shape index (κ2) is 4.44. The predicted octanol–water partition coefficient (Wildman–Crippen LogP) is 2.34. The summed E-state index contributed by atoms with van der Waals surface area (Å²) in [4.78, 5) is -0.00639. The number of thiol groups is 1. The van der Waals surface area contributed by atoms with Crippen molar-refractivity contribution < 1.29 is 8.42 Å². The highest BCUT2D eigenvalue weighted by atomic mass is 35.7. The molecule has 0 radical (unpaired) electrons. The molecule has 1 aromatic carbocycles. The van der Waals surface area contributed by atoms with E-state index in [0.29, 0.717) is 12.0 Å². The molecule has 0 bridgehead atoms. The van der Waals surface area contributed by atoms with Crippen LogP contribution < -0.4 is 0 Å². The molecule has 1 rings (SSSR count). The Hall–Kier alpha value is -0.700. The Morgan fingerprint density at radius 1 is 1.53 bits per heavy atom. The van der Waals surface area contributed by atoms with Crippen LogP contribution in [-0.2, 0) is 15.5 Å². The number of rotatable bonds is 2. The van der Waals surface area contributed by atoms with E-state index >= 15 is 0 Å². The first-order valence-corrected chi connectivity index (χ1v) is 6.87. The Kier molecular flexibility index (Phi) is 3.66. The Morgan fingerprint density at radius 2 is 2.13 bits per heavy atom. The second-order valence-electron chi connectivity index (χ2n) is 2.85. The van der Waals surface area contributed by atoms with E-state index in [9.17, 15) is 8.42 Å². The first kappa shape index (κ1) is 12.4. The predicted molar refractivity (Wildman–Crippen MR) is 60.8 cm³/mol. The number of hydrogen-bond acceptors (Lipinski definition) is 4. The Balaban J connectivity index is 3.71. The zero-order valence-electron chi connectivity index (χ0n) is 7.86. The van der Waals surface area contributed by atoms with Crippen molar-refractivity contribution in [3.63, 3.8) is 0 Å². The minimum Gasteiger partial charge on any atom is -0.207 e. The van der Waals surface area contributed by atoms with E-state index in [-0.39, 0.29) is 15.4 Å². The van der Waals surface area contributed by atoms with Gasteiger partial charge in [-0.3, -0.25) is 0 Å². The lowest BCUT2D eigenvalue weighted by Crippen LogP contribution is -2.00. The van der Waals surface area contributed by atoms with E-state index < -0.39 is 9.05 Å². The molecule has 0 atom stereocenters. The molecule has 0 aromatic heterocycles. The number of aryl methyl sites for hydroxylation is 1. The molecule has 80 valence electrons. The van der Waals surface area contributed by atoms with Crippen LogP contribution in [0.15, 0.2) is 21.9 Å². The van der Waals surface area contributed by atoms with Crippen LogP contribution in [0, 0.1) is 11.3 Å². The van der Waals surface area contributed by atoms with E-state index in [1.165, 1.54) is 6.07 Å². The molecule has 0 heterocycles. The lowest BCUT2D eigenvalue weighted by Gasteiger charge is -2.07. The highest BCUT2D eigenvalue weighted by Crippen LogP contribution is 2.29. The minimum atomic E-state index is -3.94. The van der Waals surface area contributed by atoms with Gasteiger partial charge in [-0.1, -0.05) is 13.0 Å². The fourth-order valence-corrected chi connectivity index (χ4v) is 3.20. The molecule has 0 unspecified atom stereocenters. The van der Waals surface area contributed by atoms with Crippen molar-refractivity contribution >= 4 is 32.4 Å². The molecule has 6 heteroatoms. The molecule has 3 nitrogen and oxygen atoms in total. The summed E-state index contributed by atoms with van der Waals surface area (Å²) in [5.41, 5.74) is 0.731. The van der Waals surface area contributed by atoms with Crippen molar-refractivity contribution in [3.05, 3.63) is 23.3 Å². The van der Waals surface area contributed by atoms with Gasteiger partial charge in [0.1, 0.15) is 11.0 Å². The van der Waals surface area contributed by atoms with Gasteiger partial charge < -0.3 is 0 Å². The summed E-state index contributed by atoms with van der Waals surface area (Å²) in [7, 11) is 1.31. The van der Waals surface area contributed by atoms with Crippen molar-refractivity contribution in [2.75, 3.05) is 0 Å². The molecule has 15 heavy (non-hydrogen) atoms. The Bertz CT molecular complexity index is 532. The van der Waals surface area contributed by atoms with Crippen LogP contribution >= 0.6 is 23.3 Å². The summed E-state index contributed by atoms with van der Waals surface area (Å²) in [5.74, 6) is 0. The highest BCUT2D eigenvalue weighted by Gasteiger charge is 2.21. The van der Waals surface area contributed by atoms with Gasteiger partial charge in [-0.05, 0) is 18.1 Å². The van der Waals surface area contributed by atoms with E-state index in [2.05, 4.69) is 12.6 Å². The molecule has 0 aliphatic rings. The van der Waals surface area contributed by atoms with Crippen molar-refractivity contribution in [2.45, 2.75) is 23.1 Å². The molecule has 0 spiro atoms. The molecule has 0 fully saturated rings. The third-order valence-corrected chi connectivity index (χ3v) is 3.86. The summed E-state index contributed by atoms with van der Waals surface area (Å²) in [6.45, 7) is 1.83. The van der Waals surface area contributed by atoms with E-state index in [1.807, 2.05) is 13.0 Å². The highest BCUT2D eigenvalue weighted by molar-refractivity contribution is 8.14. The van der Waals surface area contributed by atoms with Crippen molar-refractivity contribution in [1.82, 2.24) is 0 Å². The van der Waals surface area contributed by atoms with Gasteiger partial charge in [-0.15, -0.1) is 12.6 Å². The third-order valence-electron chi connectivity index (χ3n) is 1.96. The van der Waals surface area contributed by atoms with Crippen LogP contribution in [-0.4, -0.2) is 8.42 Å². The summed E-state index contributed by atoms with van der Waals surface area (Å²) in [5, 5.41) is 8.91. The summed E-state index contributed by atoms with van der Waals surface area (Å²) in [6.07, 6.45) is 0.566. The second-order valence-corrected chi connectivity index (χ2v) is 5.84. The molecule has 1 aromatic rings. The van der Waals surface area contributed by atoms with Crippen LogP contribution in [0.4, 0.5) is 0 Å². The van der Waals surface area contributed by atoms with E-state index in [4.69, 9.17) is 15.9 Å². The fraction of sp³-hybridized carbons (Fsp3) is 0.222. The maximum Gasteiger partial charge on any atom is 0.263 e. The zero-order chi connectivity index (χ0) is 11.6. The van der Waals surface area contributed by atoms with Gasteiger partial charge in [-0.25, -0.2) is 8.42 Å². The molecule has 0 saturated heterocycles. The van der Waals surface area contributed by atoms with Gasteiger partial charge in [0.25, 0.3) is 9.05 Å². The summed E-state index contributed by atoms with van der Waals surface area (Å²) in [6, 6.07) is 5.05. The molecular weight excluding hydrogens is 254 g/mol. The smallest absolute Gasteiger partial charge is 0.207 e. The quantitative estimate of drug-likeness (QED) is 0.657. The van der Waals surface area contributed by atoms with Crippen LogP contribution in [0.25, 0.3) is 0 Å². The summed E-state index contributed by atoms with van der Waals surface area (Å²) >= 11 is 3.99. The van der Waals surface area contributed by atoms with Crippen LogP contribution in [0.3, 0.4) is 0 Å². The van der Waals surface area contributed by atoms with Gasteiger partial charge in [0, 0.05) is 15.6 Å². The first-order valence-electron chi connectivity index (χ1n) is 4.11. The third kappa shape index (κ3) is 2.46. The van der Waals surface area contributed by atoms with Gasteiger partial charge in [0.05, 0.1) is 5.56 Å². The monoisotopic (exact) mass is 261 g/mol. The molecule has 0 amide bonds. The number of nitrogens with zero attached hydrogens (tertiary/aromatic N) is 1. The fourth-order valence-electron chi connectivity index (χ4n) is 1.28. The van der Waals surface area contributed by atoms with Crippen molar-refractivity contribution in [1.29, 1.82) is 5.26 Å². The van der Waals surface area contributed by atoms with E-state index in [1.54, 1.807) is 6.07 Å². The van der Waals surface area contributed by atoms with Gasteiger partial charge in [0.15, 0.2) is 0 Å². The van der Waals surface area contributed by atoms with Crippen LogP contribution in [0.1, 0.15) is 18.1 Å². The lowest BCUT2D eigenvalue weighted by atomic mass is 10.1. The van der Waals surface area contributed by atoms with Gasteiger partial charge in [-0.2, -0.15) is 5.26 Å². The van der Waals surface area contributed by atoms with E-state index in [0.717, 1.165) is 0 Å². The Morgan fingerprint density at radius 3 is 2.53 bits per heavy atom. The average molecular weight is 262 g/mol. The SMILES string of the molecule is CCc1ccc(S)c(S(=O)(=O)Cl)c1C#N. The van der Waals surface area contributed by atoms with Crippen LogP contribution in [0.2, 0.25) is 0 Å². The molecule has 0 aliphatic carbocycles. The van der Waals surface area contributed by atoms with Crippen molar-refractivity contribution in [2.24, 2.45) is 0 Å². The first-order chi connectivity index (χ1) is 6.91. The molecule has 0 saturated carbocycles. The Labute approximate surface area is 98.5 Å². The number of halogens is 1. The maximum atomic E-state index is 11.3. The topological polar surface area (TPSA) is 57.9 Å². The zero-order valence-corrected chi connectivity index (χ0v) is 10.3. The standard InChI is InChI=1S/C9H8ClNO2S2/c1-2-6-3-4-8(14)9(7(6)5-11)15(10,12)13/h3-4,14H,2H2,1H3. The maximum absolute atomic E-state index is 11.3. The normalized spacial score (nSPS) is 11.1. The van der Waals surface area contributed by atoms with Gasteiger partial charge >= 0.3 is 0 Å².